The van der Waals surface area contributed by atoms with Crippen LogP contribution in [0.15, 0.2) is 12.4 Å². The Labute approximate surface area is 150 Å². The molecule has 0 amide bonds. The van der Waals surface area contributed by atoms with Gasteiger partial charge in [-0.1, -0.05) is 12.8 Å². The molecular formula is C19H32N4O2. The summed E-state index contributed by atoms with van der Waals surface area (Å²) in [6.45, 7) is 2.98. The van der Waals surface area contributed by atoms with Crippen molar-refractivity contribution in [2.24, 2.45) is 11.8 Å². The van der Waals surface area contributed by atoms with Crippen LogP contribution in [0.3, 0.4) is 0 Å². The van der Waals surface area contributed by atoms with Gasteiger partial charge in [0.15, 0.2) is 0 Å². The number of rotatable bonds is 7. The lowest BCUT2D eigenvalue weighted by Gasteiger charge is -2.32. The number of anilines is 2. The molecule has 1 saturated carbocycles. The van der Waals surface area contributed by atoms with E-state index in [2.05, 4.69) is 20.2 Å². The van der Waals surface area contributed by atoms with Gasteiger partial charge in [0.05, 0.1) is 6.10 Å². The molecule has 3 N–H and O–H groups in total. The zero-order chi connectivity index (χ0) is 17.5. The Balaban J connectivity index is 1.45. The molecule has 2 aliphatic rings. The fourth-order valence-electron chi connectivity index (χ4n) is 4.14. The maximum atomic E-state index is 10.0. The molecule has 1 aliphatic heterocycles. The summed E-state index contributed by atoms with van der Waals surface area (Å²) in [6.07, 6.45) is 10.4. The van der Waals surface area contributed by atoms with E-state index in [4.69, 9.17) is 0 Å². The molecule has 0 bridgehead atoms. The Morgan fingerprint density at radius 3 is 2.88 bits per heavy atom. The summed E-state index contributed by atoms with van der Waals surface area (Å²) < 4.78 is 0. The van der Waals surface area contributed by atoms with Crippen LogP contribution >= 0.6 is 0 Å². The van der Waals surface area contributed by atoms with Gasteiger partial charge in [-0.15, -0.1) is 0 Å². The quantitative estimate of drug-likeness (QED) is 0.657. The maximum Gasteiger partial charge on any atom is 0.134 e. The van der Waals surface area contributed by atoms with Crippen LogP contribution in [0.2, 0.25) is 0 Å². The van der Waals surface area contributed by atoms with E-state index in [0.717, 1.165) is 63.4 Å². The van der Waals surface area contributed by atoms with Crippen LogP contribution in [0.25, 0.3) is 0 Å². The van der Waals surface area contributed by atoms with Gasteiger partial charge in [0.2, 0.25) is 0 Å². The van der Waals surface area contributed by atoms with E-state index >= 15 is 0 Å². The van der Waals surface area contributed by atoms with E-state index in [1.807, 2.05) is 6.07 Å². The number of hydrogen-bond acceptors (Lipinski definition) is 6. The van der Waals surface area contributed by atoms with Gasteiger partial charge in [-0.3, -0.25) is 0 Å². The number of aromatic nitrogens is 2. The van der Waals surface area contributed by atoms with Crippen LogP contribution in [0, 0.1) is 11.8 Å². The number of piperidine rings is 1. The van der Waals surface area contributed by atoms with Gasteiger partial charge in [-0.25, -0.2) is 9.97 Å². The van der Waals surface area contributed by atoms with Crippen molar-refractivity contribution in [1.82, 2.24) is 9.97 Å². The first kappa shape index (κ1) is 18.4. The summed E-state index contributed by atoms with van der Waals surface area (Å²) in [5.74, 6) is 2.63. The number of nitrogens with one attached hydrogen (secondary N) is 1. The molecule has 0 aromatic carbocycles. The van der Waals surface area contributed by atoms with Crippen LogP contribution in [0.5, 0.6) is 0 Å². The minimum Gasteiger partial charge on any atom is -0.396 e. The Morgan fingerprint density at radius 2 is 2.04 bits per heavy atom. The van der Waals surface area contributed by atoms with Gasteiger partial charge in [0, 0.05) is 32.3 Å². The molecular weight excluding hydrogens is 316 g/mol. The van der Waals surface area contributed by atoms with Gasteiger partial charge in [-0.2, -0.15) is 0 Å². The molecule has 1 saturated heterocycles. The molecule has 6 nitrogen and oxygen atoms in total. The first-order valence-electron chi connectivity index (χ1n) is 9.86. The highest BCUT2D eigenvalue weighted by Crippen LogP contribution is 2.28. The number of aliphatic hydroxyl groups is 2. The van der Waals surface area contributed by atoms with Crippen LogP contribution in [-0.2, 0) is 0 Å². The molecule has 3 unspecified atom stereocenters. The number of aliphatic hydroxyl groups excluding tert-OH is 2. The second-order valence-electron chi connectivity index (χ2n) is 7.58. The molecule has 0 spiro atoms. The second kappa shape index (κ2) is 9.34. The normalized spacial score (nSPS) is 27.3. The minimum absolute atomic E-state index is 0.0991. The molecule has 6 heteroatoms. The van der Waals surface area contributed by atoms with E-state index in [0.29, 0.717) is 11.8 Å². The molecule has 0 radical (unpaired) electrons. The summed E-state index contributed by atoms with van der Waals surface area (Å²) in [5, 5.41) is 22.8. The summed E-state index contributed by atoms with van der Waals surface area (Å²) in [7, 11) is 0. The van der Waals surface area contributed by atoms with E-state index in [1.54, 1.807) is 6.33 Å². The van der Waals surface area contributed by atoms with Crippen LogP contribution in [0.4, 0.5) is 11.6 Å². The molecule has 140 valence electrons. The fraction of sp³-hybridized carbons (Fsp3) is 0.789. The summed E-state index contributed by atoms with van der Waals surface area (Å²) >= 11 is 0. The monoisotopic (exact) mass is 348 g/mol. The van der Waals surface area contributed by atoms with Crippen molar-refractivity contribution in [3.05, 3.63) is 12.4 Å². The van der Waals surface area contributed by atoms with E-state index in [1.165, 1.54) is 19.3 Å². The highest BCUT2D eigenvalue weighted by molar-refractivity contribution is 5.48. The third-order valence-electron chi connectivity index (χ3n) is 5.68. The predicted molar refractivity (Wildman–Crippen MR) is 99.7 cm³/mol. The van der Waals surface area contributed by atoms with Gasteiger partial charge in [0.1, 0.15) is 18.0 Å². The molecule has 1 aromatic heterocycles. The SMILES string of the molecule is OCC1CCCN(c2cc(NCCCC3CCCCC3O)ncn2)C1. The largest absolute Gasteiger partial charge is 0.396 e. The van der Waals surface area contributed by atoms with Crippen LogP contribution in [0.1, 0.15) is 51.4 Å². The lowest BCUT2D eigenvalue weighted by Crippen LogP contribution is -2.37. The smallest absolute Gasteiger partial charge is 0.134 e. The topological polar surface area (TPSA) is 81.5 Å². The highest BCUT2D eigenvalue weighted by atomic mass is 16.3. The van der Waals surface area contributed by atoms with Crippen molar-refractivity contribution in [2.45, 2.75) is 57.5 Å². The molecule has 1 aliphatic carbocycles. The van der Waals surface area contributed by atoms with Gasteiger partial charge < -0.3 is 20.4 Å². The zero-order valence-corrected chi connectivity index (χ0v) is 15.1. The fourth-order valence-corrected chi connectivity index (χ4v) is 4.14. The minimum atomic E-state index is -0.0991. The highest BCUT2D eigenvalue weighted by Gasteiger charge is 2.22. The van der Waals surface area contributed by atoms with Gasteiger partial charge >= 0.3 is 0 Å². The average molecular weight is 348 g/mol. The van der Waals surface area contributed by atoms with Crippen molar-refractivity contribution >= 4 is 11.6 Å². The van der Waals surface area contributed by atoms with E-state index in [9.17, 15) is 10.2 Å². The Kier molecular flexibility index (Phi) is 6.87. The molecule has 3 atom stereocenters. The molecule has 2 fully saturated rings. The standard InChI is InChI=1S/C19H32N4O2/c24-13-15-5-4-10-23(12-15)19-11-18(21-14-22-19)20-9-3-7-16-6-1-2-8-17(16)25/h11,14-17,24-25H,1-10,12-13H2,(H,20,21,22). The van der Waals surface area contributed by atoms with Crippen LogP contribution < -0.4 is 10.2 Å². The Bertz CT molecular complexity index is 528. The summed E-state index contributed by atoms with van der Waals surface area (Å²) in [5.41, 5.74) is 0. The van der Waals surface area contributed by atoms with Crippen molar-refractivity contribution in [2.75, 3.05) is 36.5 Å². The van der Waals surface area contributed by atoms with E-state index < -0.39 is 0 Å². The third-order valence-corrected chi connectivity index (χ3v) is 5.68. The first-order valence-corrected chi connectivity index (χ1v) is 9.86. The average Bonchev–Trinajstić information content (AvgIpc) is 2.67. The van der Waals surface area contributed by atoms with Gasteiger partial charge in [-0.05, 0) is 50.4 Å². The van der Waals surface area contributed by atoms with Crippen molar-refractivity contribution in [3.8, 4) is 0 Å². The summed E-state index contributed by atoms with van der Waals surface area (Å²) in [4.78, 5) is 11.0. The summed E-state index contributed by atoms with van der Waals surface area (Å²) in [6, 6.07) is 2.01. The number of nitrogens with zero attached hydrogens (tertiary/aromatic N) is 3. The zero-order valence-electron chi connectivity index (χ0n) is 15.1. The number of hydrogen-bond donors (Lipinski definition) is 3. The van der Waals surface area contributed by atoms with E-state index in [-0.39, 0.29) is 12.7 Å². The second-order valence-corrected chi connectivity index (χ2v) is 7.58. The molecule has 25 heavy (non-hydrogen) atoms. The van der Waals surface area contributed by atoms with Crippen molar-refractivity contribution < 1.29 is 10.2 Å². The molecule has 1 aromatic rings. The van der Waals surface area contributed by atoms with Gasteiger partial charge in [0.25, 0.3) is 0 Å². The third kappa shape index (κ3) is 5.28. The maximum absolute atomic E-state index is 10.0. The Hall–Kier alpha value is -1.40. The van der Waals surface area contributed by atoms with Crippen molar-refractivity contribution in [3.63, 3.8) is 0 Å². The predicted octanol–water partition coefficient (Wildman–Crippen LogP) is 2.43. The molecule has 2 heterocycles. The lowest BCUT2D eigenvalue weighted by molar-refractivity contribution is 0.0648. The molecule has 3 rings (SSSR count). The Morgan fingerprint density at radius 1 is 1.16 bits per heavy atom. The van der Waals surface area contributed by atoms with Crippen molar-refractivity contribution in [1.29, 1.82) is 0 Å². The first-order chi connectivity index (χ1) is 12.3. The lowest BCUT2D eigenvalue weighted by atomic mass is 9.83. The van der Waals surface area contributed by atoms with Crippen LogP contribution in [-0.4, -0.2) is 52.5 Å².